The topological polar surface area (TPSA) is 70.5 Å². The Balaban J connectivity index is 2.18. The van der Waals surface area contributed by atoms with Crippen LogP contribution in [-0.4, -0.2) is 18.4 Å². The van der Waals surface area contributed by atoms with Gasteiger partial charge in [0, 0.05) is 12.5 Å². The Morgan fingerprint density at radius 3 is 2.83 bits per heavy atom. The Morgan fingerprint density at radius 1 is 1.22 bits per heavy atom. The number of nitrogens with zero attached hydrogens (tertiary/aromatic N) is 1. The third kappa shape index (κ3) is 1.86. The fourth-order valence-electron chi connectivity index (χ4n) is 1.85. The highest BCUT2D eigenvalue weighted by molar-refractivity contribution is 6.33. The lowest BCUT2D eigenvalue weighted by atomic mass is 10.1. The fraction of sp³-hybridized carbons (Fsp3) is 0.250. The highest BCUT2D eigenvalue weighted by Gasteiger charge is 2.21. The van der Waals surface area contributed by atoms with Crippen molar-refractivity contribution in [3.8, 4) is 22.8 Å². The van der Waals surface area contributed by atoms with Crippen LogP contribution in [-0.2, 0) is 0 Å². The minimum absolute atomic E-state index is 0.299. The van der Waals surface area contributed by atoms with Gasteiger partial charge in [0.1, 0.15) is 0 Å². The first kappa shape index (κ1) is 11.2. The third-order valence-corrected chi connectivity index (χ3v) is 2.95. The summed E-state index contributed by atoms with van der Waals surface area (Å²) >= 11 is 6.19. The van der Waals surface area contributed by atoms with E-state index in [9.17, 15) is 0 Å². The summed E-state index contributed by atoms with van der Waals surface area (Å²) in [6, 6.07) is 5.13. The number of aromatic nitrogens is 1. The summed E-state index contributed by atoms with van der Waals surface area (Å²) in [6.45, 7) is 1.19. The molecule has 0 unspecified atom stereocenters. The molecule has 1 aromatic carbocycles. The van der Waals surface area contributed by atoms with Crippen LogP contribution < -0.4 is 15.2 Å². The average Bonchev–Trinajstić information content (AvgIpc) is 2.63. The zero-order valence-electron chi connectivity index (χ0n) is 9.48. The SMILES string of the molecule is Nc1cc(-c2c(Cl)ccc3c2OCCCO3)on1. The van der Waals surface area contributed by atoms with Gasteiger partial charge in [-0.15, -0.1) is 0 Å². The second-order valence-electron chi connectivity index (χ2n) is 3.92. The van der Waals surface area contributed by atoms with Gasteiger partial charge in [-0.2, -0.15) is 0 Å². The number of fused-ring (bicyclic) bond motifs is 1. The van der Waals surface area contributed by atoms with Crippen LogP contribution in [0, 0.1) is 0 Å². The lowest BCUT2D eigenvalue weighted by Crippen LogP contribution is -1.98. The van der Waals surface area contributed by atoms with E-state index >= 15 is 0 Å². The molecule has 18 heavy (non-hydrogen) atoms. The summed E-state index contributed by atoms with van der Waals surface area (Å²) in [4.78, 5) is 0. The molecule has 2 aromatic rings. The van der Waals surface area contributed by atoms with Gasteiger partial charge in [0.15, 0.2) is 23.1 Å². The molecule has 0 saturated carbocycles. The van der Waals surface area contributed by atoms with Gasteiger partial charge in [-0.25, -0.2) is 0 Å². The lowest BCUT2D eigenvalue weighted by molar-refractivity contribution is 0.297. The van der Waals surface area contributed by atoms with Gasteiger partial charge in [-0.05, 0) is 12.1 Å². The molecule has 0 radical (unpaired) electrons. The van der Waals surface area contributed by atoms with E-state index in [-0.39, 0.29) is 0 Å². The quantitative estimate of drug-likeness (QED) is 0.859. The summed E-state index contributed by atoms with van der Waals surface area (Å²) in [5, 5.41) is 4.16. The summed E-state index contributed by atoms with van der Waals surface area (Å²) in [5.41, 5.74) is 6.18. The van der Waals surface area contributed by atoms with Gasteiger partial charge >= 0.3 is 0 Å². The largest absolute Gasteiger partial charge is 0.490 e. The van der Waals surface area contributed by atoms with Crippen LogP contribution in [0.2, 0.25) is 5.02 Å². The first-order valence-electron chi connectivity index (χ1n) is 5.56. The Bertz CT molecular complexity index is 583. The standard InChI is InChI=1S/C12H11ClN2O3/c13-7-2-3-8-12(17-5-1-4-16-8)11(7)9-6-10(14)15-18-9/h2-3,6H,1,4-5H2,(H2,14,15). The van der Waals surface area contributed by atoms with E-state index in [1.54, 1.807) is 18.2 Å². The normalized spacial score (nSPS) is 14.3. The minimum Gasteiger partial charge on any atom is -0.490 e. The van der Waals surface area contributed by atoms with Crippen LogP contribution in [0.4, 0.5) is 5.82 Å². The minimum atomic E-state index is 0.299. The lowest BCUT2D eigenvalue weighted by Gasteiger charge is -2.11. The number of rotatable bonds is 1. The number of anilines is 1. The molecule has 3 rings (SSSR count). The van der Waals surface area contributed by atoms with Gasteiger partial charge < -0.3 is 19.7 Å². The summed E-state index contributed by atoms with van der Waals surface area (Å²) in [6.07, 6.45) is 0.824. The Kier molecular flexibility index (Phi) is 2.76. The monoisotopic (exact) mass is 266 g/mol. The van der Waals surface area contributed by atoms with Crippen LogP contribution in [0.3, 0.4) is 0 Å². The number of hydrogen-bond acceptors (Lipinski definition) is 5. The van der Waals surface area contributed by atoms with Gasteiger partial charge in [-0.3, -0.25) is 0 Å². The van der Waals surface area contributed by atoms with Crippen molar-refractivity contribution >= 4 is 17.4 Å². The first-order chi connectivity index (χ1) is 8.75. The fourth-order valence-corrected chi connectivity index (χ4v) is 2.09. The van der Waals surface area contributed by atoms with Gasteiger partial charge in [0.2, 0.25) is 0 Å². The molecule has 1 aliphatic rings. The molecule has 0 saturated heterocycles. The van der Waals surface area contributed by atoms with Crippen LogP contribution in [0.5, 0.6) is 11.5 Å². The van der Waals surface area contributed by atoms with Crippen molar-refractivity contribution in [3.63, 3.8) is 0 Å². The number of benzene rings is 1. The Labute approximate surface area is 108 Å². The van der Waals surface area contributed by atoms with Crippen molar-refractivity contribution in [3.05, 3.63) is 23.2 Å². The molecular formula is C12H11ClN2O3. The molecule has 2 N–H and O–H groups in total. The molecule has 0 spiro atoms. The summed E-state index contributed by atoms with van der Waals surface area (Å²) in [5.74, 6) is 2.01. The number of nitrogens with two attached hydrogens (primary N) is 1. The van der Waals surface area contributed by atoms with E-state index in [0.29, 0.717) is 46.9 Å². The van der Waals surface area contributed by atoms with Crippen LogP contribution in [0.15, 0.2) is 22.7 Å². The highest BCUT2D eigenvalue weighted by Crippen LogP contribution is 2.44. The van der Waals surface area contributed by atoms with Crippen molar-refractivity contribution < 1.29 is 14.0 Å². The summed E-state index contributed by atoms with van der Waals surface area (Å²) < 4.78 is 16.4. The van der Waals surface area contributed by atoms with E-state index in [1.807, 2.05) is 0 Å². The van der Waals surface area contributed by atoms with Crippen LogP contribution in [0.1, 0.15) is 6.42 Å². The van der Waals surface area contributed by atoms with Crippen molar-refractivity contribution in [2.75, 3.05) is 18.9 Å². The summed E-state index contributed by atoms with van der Waals surface area (Å²) in [7, 11) is 0. The molecule has 0 amide bonds. The van der Waals surface area contributed by atoms with Crippen molar-refractivity contribution in [2.24, 2.45) is 0 Å². The number of hydrogen-bond donors (Lipinski definition) is 1. The van der Waals surface area contributed by atoms with Crippen molar-refractivity contribution in [2.45, 2.75) is 6.42 Å². The average molecular weight is 267 g/mol. The van der Waals surface area contributed by atoms with E-state index in [4.69, 9.17) is 31.3 Å². The molecule has 0 fully saturated rings. The molecule has 0 bridgehead atoms. The molecule has 94 valence electrons. The predicted molar refractivity (Wildman–Crippen MR) is 67.0 cm³/mol. The molecule has 0 aliphatic carbocycles. The second-order valence-corrected chi connectivity index (χ2v) is 4.32. The van der Waals surface area contributed by atoms with Crippen molar-refractivity contribution in [1.82, 2.24) is 5.16 Å². The number of halogens is 1. The van der Waals surface area contributed by atoms with E-state index in [2.05, 4.69) is 5.16 Å². The maximum atomic E-state index is 6.19. The van der Waals surface area contributed by atoms with Gasteiger partial charge in [0.05, 0.1) is 23.8 Å². The van der Waals surface area contributed by atoms with Gasteiger partial charge in [-0.1, -0.05) is 16.8 Å². The molecule has 0 atom stereocenters. The molecule has 1 aromatic heterocycles. The Morgan fingerprint density at radius 2 is 2.06 bits per heavy atom. The smallest absolute Gasteiger partial charge is 0.174 e. The molecule has 2 heterocycles. The van der Waals surface area contributed by atoms with Crippen molar-refractivity contribution in [1.29, 1.82) is 0 Å². The number of nitrogen functional groups attached to an aromatic ring is 1. The third-order valence-electron chi connectivity index (χ3n) is 2.64. The molecule has 5 nitrogen and oxygen atoms in total. The van der Waals surface area contributed by atoms with Gasteiger partial charge in [0.25, 0.3) is 0 Å². The molecule has 1 aliphatic heterocycles. The van der Waals surface area contributed by atoms with E-state index in [1.165, 1.54) is 0 Å². The van der Waals surface area contributed by atoms with E-state index < -0.39 is 0 Å². The van der Waals surface area contributed by atoms with E-state index in [0.717, 1.165) is 6.42 Å². The maximum absolute atomic E-state index is 6.19. The predicted octanol–water partition coefficient (Wildman–Crippen LogP) is 2.74. The van der Waals surface area contributed by atoms with Crippen LogP contribution >= 0.6 is 11.6 Å². The zero-order chi connectivity index (χ0) is 12.5. The molecule has 6 heteroatoms. The van der Waals surface area contributed by atoms with Crippen LogP contribution in [0.25, 0.3) is 11.3 Å². The molecular weight excluding hydrogens is 256 g/mol. The highest BCUT2D eigenvalue weighted by atomic mass is 35.5. The zero-order valence-corrected chi connectivity index (χ0v) is 10.2. The second kappa shape index (κ2) is 4.42. The first-order valence-corrected chi connectivity index (χ1v) is 5.94. The number of ether oxygens (including phenoxy) is 2. The Hall–Kier alpha value is -1.88. The maximum Gasteiger partial charge on any atom is 0.174 e.